The van der Waals surface area contributed by atoms with Crippen molar-refractivity contribution in [2.24, 2.45) is 0 Å². The van der Waals surface area contributed by atoms with Gasteiger partial charge in [-0.2, -0.15) is 0 Å². The Morgan fingerprint density at radius 2 is 2.17 bits per heavy atom. The van der Waals surface area contributed by atoms with Crippen LogP contribution in [0.2, 0.25) is 0 Å². The van der Waals surface area contributed by atoms with Crippen molar-refractivity contribution in [1.82, 2.24) is 15.1 Å². The smallest absolute Gasteiger partial charge is 0.0481 e. The van der Waals surface area contributed by atoms with Gasteiger partial charge < -0.3 is 5.32 Å². The lowest BCUT2D eigenvalue weighted by Crippen LogP contribution is -2.35. The van der Waals surface area contributed by atoms with Gasteiger partial charge in [0, 0.05) is 32.8 Å². The molecule has 0 aromatic heterocycles. The Hall–Kier alpha value is -0.120. The van der Waals surface area contributed by atoms with Crippen molar-refractivity contribution in [3.8, 4) is 0 Å². The minimum absolute atomic E-state index is 1.09. The third-order valence-electron chi connectivity index (χ3n) is 2.66. The molecule has 0 aromatic rings. The molecule has 0 aromatic carbocycles. The van der Waals surface area contributed by atoms with Crippen molar-refractivity contribution >= 4 is 0 Å². The molecule has 69 valence electrons. The molecule has 2 heterocycles. The molecule has 0 saturated carbocycles. The molecule has 0 atom stereocenters. The molecular weight excluding hydrogens is 150 g/mol. The molecule has 2 aliphatic heterocycles. The Kier molecular flexibility index (Phi) is 2.98. The monoisotopic (exact) mass is 168 g/mol. The highest BCUT2D eigenvalue weighted by Gasteiger charge is 2.14. The van der Waals surface area contributed by atoms with Gasteiger partial charge in [-0.05, 0) is 25.9 Å². The van der Waals surface area contributed by atoms with Gasteiger partial charge >= 0.3 is 0 Å². The zero-order chi connectivity index (χ0) is 8.23. The maximum absolute atomic E-state index is 3.34. The zero-order valence-corrected chi connectivity index (χ0v) is 7.63. The van der Waals surface area contributed by atoms with E-state index in [-0.39, 0.29) is 0 Å². The van der Waals surface area contributed by atoms with Crippen LogP contribution in [0, 0.1) is 6.54 Å². The summed E-state index contributed by atoms with van der Waals surface area (Å²) in [4.78, 5) is 4.89. The van der Waals surface area contributed by atoms with Crippen molar-refractivity contribution in [2.75, 3.05) is 39.4 Å². The van der Waals surface area contributed by atoms with Crippen LogP contribution >= 0.6 is 0 Å². The summed E-state index contributed by atoms with van der Waals surface area (Å²) in [5.41, 5.74) is 0. The summed E-state index contributed by atoms with van der Waals surface area (Å²) >= 11 is 0. The van der Waals surface area contributed by atoms with Crippen LogP contribution in [0.5, 0.6) is 0 Å². The van der Waals surface area contributed by atoms with Gasteiger partial charge in [0.05, 0.1) is 0 Å². The minimum atomic E-state index is 1.09. The maximum atomic E-state index is 3.34. The predicted octanol–water partition coefficient (Wildman–Crippen LogP) is 0.107. The number of hydrogen-bond donors (Lipinski definition) is 1. The fourth-order valence-electron chi connectivity index (χ4n) is 1.69. The molecule has 12 heavy (non-hydrogen) atoms. The van der Waals surface area contributed by atoms with Gasteiger partial charge in [0.1, 0.15) is 0 Å². The minimum Gasteiger partial charge on any atom is -0.303 e. The third-order valence-corrected chi connectivity index (χ3v) is 2.66. The number of nitrogens with zero attached hydrogens (tertiary/aromatic N) is 2. The molecule has 0 spiro atoms. The third kappa shape index (κ3) is 2.19. The van der Waals surface area contributed by atoms with E-state index in [1.807, 2.05) is 0 Å². The lowest BCUT2D eigenvalue weighted by atomic mass is 10.2. The average Bonchev–Trinajstić information content (AvgIpc) is 2.46. The Labute approximate surface area is 74.7 Å². The lowest BCUT2D eigenvalue weighted by molar-refractivity contribution is 0.213. The second-order valence-electron chi connectivity index (χ2n) is 3.64. The van der Waals surface area contributed by atoms with Crippen molar-refractivity contribution in [2.45, 2.75) is 12.8 Å². The second kappa shape index (κ2) is 4.21. The predicted molar refractivity (Wildman–Crippen MR) is 49.5 cm³/mol. The van der Waals surface area contributed by atoms with Crippen molar-refractivity contribution in [3.05, 3.63) is 6.54 Å². The number of hydrogen-bond acceptors (Lipinski definition) is 3. The van der Waals surface area contributed by atoms with Gasteiger partial charge in [0.15, 0.2) is 0 Å². The van der Waals surface area contributed by atoms with Crippen LogP contribution in [0.25, 0.3) is 0 Å². The summed E-state index contributed by atoms with van der Waals surface area (Å²) in [5, 5.41) is 3.34. The highest BCUT2D eigenvalue weighted by Crippen LogP contribution is 2.10. The van der Waals surface area contributed by atoms with E-state index in [2.05, 4.69) is 21.7 Å². The van der Waals surface area contributed by atoms with Crippen molar-refractivity contribution in [3.63, 3.8) is 0 Å². The zero-order valence-electron chi connectivity index (χ0n) is 7.63. The van der Waals surface area contributed by atoms with E-state index in [9.17, 15) is 0 Å². The summed E-state index contributed by atoms with van der Waals surface area (Å²) in [6.07, 6.45) is 2.61. The summed E-state index contributed by atoms with van der Waals surface area (Å²) in [6.45, 7) is 9.66. The first-order valence-electron chi connectivity index (χ1n) is 4.95. The van der Waals surface area contributed by atoms with Gasteiger partial charge in [0.25, 0.3) is 0 Å². The number of nitrogens with one attached hydrogen (secondary N) is 1. The average molecular weight is 168 g/mol. The van der Waals surface area contributed by atoms with Crippen LogP contribution in [-0.4, -0.2) is 49.2 Å². The molecule has 3 heteroatoms. The summed E-state index contributed by atoms with van der Waals surface area (Å²) in [6, 6.07) is 0. The fourth-order valence-corrected chi connectivity index (χ4v) is 1.69. The molecular formula is C9H18N3. The highest BCUT2D eigenvalue weighted by molar-refractivity contribution is 4.78. The molecule has 0 aliphatic carbocycles. The largest absolute Gasteiger partial charge is 0.303 e. The van der Waals surface area contributed by atoms with Gasteiger partial charge in [-0.15, -0.1) is 0 Å². The summed E-state index contributed by atoms with van der Waals surface area (Å²) in [5.74, 6) is 0. The van der Waals surface area contributed by atoms with Crippen LogP contribution in [0.3, 0.4) is 0 Å². The first-order valence-corrected chi connectivity index (χ1v) is 4.95. The maximum Gasteiger partial charge on any atom is 0.0481 e. The molecule has 3 nitrogen and oxygen atoms in total. The summed E-state index contributed by atoms with van der Waals surface area (Å²) < 4.78 is 0. The molecule has 2 saturated heterocycles. The van der Waals surface area contributed by atoms with E-state index >= 15 is 0 Å². The van der Waals surface area contributed by atoms with E-state index in [1.165, 1.54) is 45.6 Å². The molecule has 0 amide bonds. The molecule has 0 bridgehead atoms. The second-order valence-corrected chi connectivity index (χ2v) is 3.64. The van der Waals surface area contributed by atoms with E-state index < -0.39 is 0 Å². The Balaban J connectivity index is 1.49. The van der Waals surface area contributed by atoms with E-state index in [0.29, 0.717) is 0 Å². The van der Waals surface area contributed by atoms with Gasteiger partial charge in [-0.3, -0.25) is 9.80 Å². The van der Waals surface area contributed by atoms with Crippen LogP contribution in [0.1, 0.15) is 12.8 Å². The highest BCUT2D eigenvalue weighted by atomic mass is 15.3. The van der Waals surface area contributed by atoms with Crippen molar-refractivity contribution in [1.29, 1.82) is 0 Å². The summed E-state index contributed by atoms with van der Waals surface area (Å²) in [7, 11) is 0. The van der Waals surface area contributed by atoms with Crippen molar-refractivity contribution < 1.29 is 0 Å². The van der Waals surface area contributed by atoms with E-state index in [0.717, 1.165) is 6.67 Å². The Bertz CT molecular complexity index is 128. The lowest BCUT2D eigenvalue weighted by Gasteiger charge is -2.30. The van der Waals surface area contributed by atoms with Gasteiger partial charge in [-0.1, -0.05) is 0 Å². The van der Waals surface area contributed by atoms with Crippen LogP contribution in [0.4, 0.5) is 0 Å². The Morgan fingerprint density at radius 1 is 1.25 bits per heavy atom. The normalized spacial score (nSPS) is 26.0. The van der Waals surface area contributed by atoms with Gasteiger partial charge in [0.2, 0.25) is 0 Å². The molecule has 1 N–H and O–H groups in total. The number of likely N-dealkylation sites (tertiary alicyclic amines) is 1. The molecule has 2 rings (SSSR count). The Morgan fingerprint density at radius 3 is 2.75 bits per heavy atom. The van der Waals surface area contributed by atoms with Crippen LogP contribution in [0.15, 0.2) is 0 Å². The molecule has 2 fully saturated rings. The first kappa shape index (κ1) is 8.48. The quantitative estimate of drug-likeness (QED) is 0.642. The van der Waals surface area contributed by atoms with Gasteiger partial charge in [-0.25, -0.2) is 0 Å². The van der Waals surface area contributed by atoms with Crippen LogP contribution in [-0.2, 0) is 0 Å². The fraction of sp³-hybridized carbons (Fsp3) is 0.889. The molecule has 1 radical (unpaired) electrons. The molecule has 0 unspecified atom stereocenters. The van der Waals surface area contributed by atoms with Crippen LogP contribution < -0.4 is 5.32 Å². The topological polar surface area (TPSA) is 18.5 Å². The first-order chi connectivity index (χ1) is 5.95. The molecule has 2 aliphatic rings. The van der Waals surface area contributed by atoms with E-state index in [1.54, 1.807) is 0 Å². The van der Waals surface area contributed by atoms with E-state index in [4.69, 9.17) is 0 Å². The SMILES string of the molecule is [CH](CCN1CCNC1)N1CCC1. The number of rotatable bonds is 4. The standard InChI is InChI=1S/C9H18N3/c1-4-11(5-1)6-2-7-12-8-3-10-9-12/h6,10H,1-5,7-9H2.